The molecule has 0 bridgehead atoms. The van der Waals surface area contributed by atoms with Crippen LogP contribution >= 0.6 is 0 Å². The van der Waals surface area contributed by atoms with Crippen molar-refractivity contribution in [3.8, 4) is 0 Å². The first kappa shape index (κ1) is 16.2. The van der Waals surface area contributed by atoms with Crippen LogP contribution in [0.4, 0.5) is 5.69 Å². The zero-order chi connectivity index (χ0) is 17.6. The standard InChI is InChI=1S/C24H27N/c1-17-14-21(20-10-6-5-7-11-20)15-24(17,4)16-25-19(3)18(2)22-12-8-9-13-23(22)25/h5-15,18-19H,16H2,1-4H3/t18?,19?,24-/m0/s1. The Bertz CT molecular complexity index is 845. The third-order valence-electron chi connectivity index (χ3n) is 6.30. The molecule has 2 aromatic carbocycles. The number of fused-ring (bicyclic) bond motifs is 1. The second-order valence-corrected chi connectivity index (χ2v) is 7.93. The molecule has 1 heterocycles. The minimum atomic E-state index is 0.0800. The first-order valence-electron chi connectivity index (χ1n) is 9.32. The molecule has 0 fully saturated rings. The molecule has 0 amide bonds. The maximum absolute atomic E-state index is 2.61. The summed E-state index contributed by atoms with van der Waals surface area (Å²) in [5, 5.41) is 0. The fourth-order valence-electron chi connectivity index (χ4n) is 4.33. The van der Waals surface area contributed by atoms with E-state index in [-0.39, 0.29) is 5.41 Å². The van der Waals surface area contributed by atoms with E-state index in [2.05, 4.69) is 99.3 Å². The monoisotopic (exact) mass is 329 g/mol. The molecule has 0 saturated heterocycles. The van der Waals surface area contributed by atoms with E-state index in [1.807, 2.05) is 0 Å². The molecule has 0 aromatic heterocycles. The number of nitrogens with zero attached hydrogens (tertiary/aromatic N) is 1. The van der Waals surface area contributed by atoms with Crippen LogP contribution in [0.5, 0.6) is 0 Å². The van der Waals surface area contributed by atoms with Crippen LogP contribution in [0.2, 0.25) is 0 Å². The van der Waals surface area contributed by atoms with E-state index < -0.39 is 0 Å². The van der Waals surface area contributed by atoms with Crippen LogP contribution in [0.15, 0.2) is 72.3 Å². The van der Waals surface area contributed by atoms with Crippen molar-refractivity contribution >= 4 is 11.3 Å². The smallest absolute Gasteiger partial charge is 0.0405 e. The first-order chi connectivity index (χ1) is 12.0. The van der Waals surface area contributed by atoms with E-state index in [0.717, 1.165) is 6.54 Å². The number of anilines is 1. The van der Waals surface area contributed by atoms with Crippen LogP contribution in [-0.4, -0.2) is 12.6 Å². The van der Waals surface area contributed by atoms with Gasteiger partial charge in [-0.2, -0.15) is 0 Å². The first-order valence-corrected chi connectivity index (χ1v) is 9.32. The molecule has 1 aliphatic heterocycles. The molecule has 1 heteroatoms. The van der Waals surface area contributed by atoms with Gasteiger partial charge in [-0.25, -0.2) is 0 Å². The highest BCUT2D eigenvalue weighted by Crippen LogP contribution is 2.46. The van der Waals surface area contributed by atoms with Crippen molar-refractivity contribution in [1.29, 1.82) is 0 Å². The fraction of sp³-hybridized carbons (Fsp3) is 0.333. The molecule has 4 rings (SSSR count). The number of allylic oxidation sites excluding steroid dienone is 2. The highest BCUT2D eigenvalue weighted by atomic mass is 15.2. The van der Waals surface area contributed by atoms with E-state index >= 15 is 0 Å². The van der Waals surface area contributed by atoms with Gasteiger partial charge in [-0.1, -0.05) is 80.1 Å². The third-order valence-corrected chi connectivity index (χ3v) is 6.30. The van der Waals surface area contributed by atoms with Gasteiger partial charge in [0.25, 0.3) is 0 Å². The minimum absolute atomic E-state index is 0.0800. The quantitative estimate of drug-likeness (QED) is 0.662. The second kappa shape index (κ2) is 5.91. The number of para-hydroxylation sites is 1. The zero-order valence-corrected chi connectivity index (χ0v) is 15.7. The second-order valence-electron chi connectivity index (χ2n) is 7.93. The van der Waals surface area contributed by atoms with Gasteiger partial charge in [0.1, 0.15) is 0 Å². The topological polar surface area (TPSA) is 3.24 Å². The normalized spacial score (nSPS) is 27.9. The molecule has 2 unspecified atom stereocenters. The summed E-state index contributed by atoms with van der Waals surface area (Å²) in [6.45, 7) is 10.4. The van der Waals surface area contributed by atoms with E-state index in [4.69, 9.17) is 0 Å². The van der Waals surface area contributed by atoms with Crippen LogP contribution in [0, 0.1) is 5.41 Å². The van der Waals surface area contributed by atoms with E-state index in [9.17, 15) is 0 Å². The van der Waals surface area contributed by atoms with Gasteiger partial charge in [-0.15, -0.1) is 0 Å². The van der Waals surface area contributed by atoms with Gasteiger partial charge < -0.3 is 4.90 Å². The lowest BCUT2D eigenvalue weighted by Gasteiger charge is -2.35. The van der Waals surface area contributed by atoms with Crippen molar-refractivity contribution in [2.75, 3.05) is 11.4 Å². The summed E-state index contributed by atoms with van der Waals surface area (Å²) < 4.78 is 0. The summed E-state index contributed by atoms with van der Waals surface area (Å²) in [6.07, 6.45) is 4.83. The number of hydrogen-bond donors (Lipinski definition) is 0. The average molecular weight is 329 g/mol. The Kier molecular flexibility index (Phi) is 3.83. The molecule has 128 valence electrons. The van der Waals surface area contributed by atoms with Gasteiger partial charge in [-0.3, -0.25) is 0 Å². The van der Waals surface area contributed by atoms with Crippen LogP contribution < -0.4 is 4.90 Å². The van der Waals surface area contributed by atoms with Crippen molar-refractivity contribution < 1.29 is 0 Å². The van der Waals surface area contributed by atoms with Crippen molar-refractivity contribution in [2.24, 2.45) is 5.41 Å². The maximum Gasteiger partial charge on any atom is 0.0405 e. The third kappa shape index (κ3) is 2.63. The number of benzene rings is 2. The maximum atomic E-state index is 2.61. The van der Waals surface area contributed by atoms with Crippen molar-refractivity contribution in [3.05, 3.63) is 83.4 Å². The molecular weight excluding hydrogens is 302 g/mol. The van der Waals surface area contributed by atoms with E-state index in [0.29, 0.717) is 12.0 Å². The van der Waals surface area contributed by atoms with Crippen LogP contribution in [0.25, 0.3) is 5.57 Å². The van der Waals surface area contributed by atoms with Gasteiger partial charge in [0, 0.05) is 29.6 Å². The summed E-state index contributed by atoms with van der Waals surface area (Å²) in [5.41, 5.74) is 7.11. The van der Waals surface area contributed by atoms with E-state index in [1.54, 1.807) is 0 Å². The van der Waals surface area contributed by atoms with Crippen LogP contribution in [-0.2, 0) is 0 Å². The fourth-order valence-corrected chi connectivity index (χ4v) is 4.33. The summed E-state index contributed by atoms with van der Waals surface area (Å²) in [4.78, 5) is 2.61. The molecule has 0 N–H and O–H groups in total. The number of rotatable bonds is 3. The molecule has 1 aliphatic carbocycles. The van der Waals surface area contributed by atoms with Gasteiger partial charge in [0.15, 0.2) is 0 Å². The lowest BCUT2D eigenvalue weighted by Crippen LogP contribution is -2.39. The predicted octanol–water partition coefficient (Wildman–Crippen LogP) is 6.05. The lowest BCUT2D eigenvalue weighted by atomic mass is 9.84. The highest BCUT2D eigenvalue weighted by Gasteiger charge is 2.38. The lowest BCUT2D eigenvalue weighted by molar-refractivity contribution is 0.472. The molecular formula is C24H27N. The van der Waals surface area contributed by atoms with E-state index in [1.165, 1.54) is 28.0 Å². The molecule has 3 atom stereocenters. The zero-order valence-electron chi connectivity index (χ0n) is 15.7. The summed E-state index contributed by atoms with van der Waals surface area (Å²) in [7, 11) is 0. The SMILES string of the molecule is CC1=CC(c2ccccc2)=C[C@@]1(C)CN1c2ccccc2C(C)C1C. The average Bonchev–Trinajstić information content (AvgIpc) is 3.06. The Labute approximate surface area is 151 Å². The largest absolute Gasteiger partial charge is 0.367 e. The molecule has 2 aromatic rings. The summed E-state index contributed by atoms with van der Waals surface area (Å²) in [6, 6.07) is 20.2. The molecule has 1 nitrogen and oxygen atoms in total. The van der Waals surface area contributed by atoms with Gasteiger partial charge in [-0.05, 0) is 36.6 Å². The van der Waals surface area contributed by atoms with Gasteiger partial charge in [0.2, 0.25) is 0 Å². The molecule has 25 heavy (non-hydrogen) atoms. The van der Waals surface area contributed by atoms with Gasteiger partial charge >= 0.3 is 0 Å². The van der Waals surface area contributed by atoms with Crippen LogP contribution in [0.1, 0.15) is 44.7 Å². The number of hydrogen-bond acceptors (Lipinski definition) is 1. The Morgan fingerprint density at radius 1 is 0.960 bits per heavy atom. The Hall–Kier alpha value is -2.28. The predicted molar refractivity (Wildman–Crippen MR) is 108 cm³/mol. The summed E-state index contributed by atoms with van der Waals surface area (Å²) >= 11 is 0. The highest BCUT2D eigenvalue weighted by molar-refractivity contribution is 5.79. The van der Waals surface area contributed by atoms with Crippen molar-refractivity contribution in [3.63, 3.8) is 0 Å². The molecule has 0 radical (unpaired) electrons. The van der Waals surface area contributed by atoms with Crippen LogP contribution in [0.3, 0.4) is 0 Å². The molecule has 0 saturated carbocycles. The Morgan fingerprint density at radius 2 is 1.64 bits per heavy atom. The van der Waals surface area contributed by atoms with Crippen molar-refractivity contribution in [2.45, 2.75) is 39.7 Å². The minimum Gasteiger partial charge on any atom is -0.367 e. The summed E-state index contributed by atoms with van der Waals surface area (Å²) in [5.74, 6) is 0.586. The molecule has 0 spiro atoms. The Morgan fingerprint density at radius 3 is 2.40 bits per heavy atom. The van der Waals surface area contributed by atoms with Crippen molar-refractivity contribution in [1.82, 2.24) is 0 Å². The van der Waals surface area contributed by atoms with Gasteiger partial charge in [0.05, 0.1) is 0 Å². The molecule has 2 aliphatic rings. The Balaban J connectivity index is 1.67.